The number of aromatic nitrogens is 2. The molecule has 128 valence electrons. The Morgan fingerprint density at radius 1 is 1.12 bits per heavy atom. The van der Waals surface area contributed by atoms with Crippen LogP contribution >= 0.6 is 0 Å². The zero-order valence-corrected chi connectivity index (χ0v) is 16.4. The topological polar surface area (TPSA) is 38.3 Å². The van der Waals surface area contributed by atoms with E-state index in [1.807, 2.05) is 18.2 Å². The molecule has 0 fully saturated rings. The normalized spacial score (nSPS) is 10.7. The van der Waals surface area contributed by atoms with E-state index in [0.717, 1.165) is 46.8 Å². The molecule has 0 radical (unpaired) electrons. The van der Waals surface area contributed by atoms with Crippen LogP contribution in [-0.2, 0) is 19.7 Å². The Kier molecular flexibility index (Phi) is 6.23. The van der Waals surface area contributed by atoms with Crippen LogP contribution in [0.25, 0.3) is 22.2 Å². The first kappa shape index (κ1) is 18.7. The number of aliphatic hydroxyl groups is 1. The van der Waals surface area contributed by atoms with E-state index in [9.17, 15) is 5.11 Å². The second-order valence-corrected chi connectivity index (χ2v) is 5.47. The second kappa shape index (κ2) is 7.98. The van der Waals surface area contributed by atoms with Crippen LogP contribution in [0.15, 0.2) is 42.5 Å². The van der Waals surface area contributed by atoms with Crippen molar-refractivity contribution >= 4 is 11.0 Å². The Bertz CT molecular complexity index is 843. The number of nitrogens with zero attached hydrogens (tertiary/aromatic N) is 2. The third-order valence-corrected chi connectivity index (χ3v) is 4.37. The molecule has 24 heavy (non-hydrogen) atoms. The van der Waals surface area contributed by atoms with Crippen molar-refractivity contribution in [3.05, 3.63) is 48.3 Å². The molecule has 0 spiro atoms. The largest absolute Gasteiger partial charge is 1.00 e. The summed E-state index contributed by atoms with van der Waals surface area (Å²) in [7, 11) is 1.70. The quantitative estimate of drug-likeness (QED) is 0.455. The van der Waals surface area contributed by atoms with Gasteiger partial charge < -0.3 is 33.8 Å². The van der Waals surface area contributed by atoms with Gasteiger partial charge >= 0.3 is 0 Å². The number of para-hydroxylation sites is 1. The van der Waals surface area contributed by atoms with Gasteiger partial charge in [0.15, 0.2) is 11.0 Å². The summed E-state index contributed by atoms with van der Waals surface area (Å²) in [6.07, 6.45) is 0. The highest BCUT2D eigenvalue weighted by atomic mass is 127. The SMILES string of the molecule is CCn1c(CO)[n+](CC)c2ccc(-c3ccccc3OC)cc21.[I-]. The molecule has 1 heterocycles. The summed E-state index contributed by atoms with van der Waals surface area (Å²) in [5, 5.41) is 9.77. The number of hydrogen-bond donors (Lipinski definition) is 1. The van der Waals surface area contributed by atoms with E-state index in [-0.39, 0.29) is 30.6 Å². The fraction of sp³-hybridized carbons (Fsp3) is 0.316. The zero-order chi connectivity index (χ0) is 16.4. The van der Waals surface area contributed by atoms with Crippen molar-refractivity contribution in [2.24, 2.45) is 0 Å². The lowest BCUT2D eigenvalue weighted by Crippen LogP contribution is -3.00. The number of rotatable bonds is 5. The minimum atomic E-state index is 0. The van der Waals surface area contributed by atoms with E-state index >= 15 is 0 Å². The molecule has 0 saturated carbocycles. The summed E-state index contributed by atoms with van der Waals surface area (Å²) >= 11 is 0. The van der Waals surface area contributed by atoms with Gasteiger partial charge in [-0.15, -0.1) is 0 Å². The smallest absolute Gasteiger partial charge is 0.283 e. The Balaban J connectivity index is 0.00000208. The average molecular weight is 438 g/mol. The van der Waals surface area contributed by atoms with Crippen molar-refractivity contribution in [1.29, 1.82) is 0 Å². The first-order chi connectivity index (χ1) is 11.2. The number of methoxy groups -OCH3 is 1. The van der Waals surface area contributed by atoms with Crippen molar-refractivity contribution in [2.45, 2.75) is 33.5 Å². The summed E-state index contributed by atoms with van der Waals surface area (Å²) in [6, 6.07) is 14.5. The van der Waals surface area contributed by atoms with Crippen molar-refractivity contribution < 1.29 is 38.4 Å². The summed E-state index contributed by atoms with van der Waals surface area (Å²) in [5.41, 5.74) is 4.49. The Labute approximate surface area is 159 Å². The van der Waals surface area contributed by atoms with E-state index in [1.165, 1.54) is 0 Å². The van der Waals surface area contributed by atoms with Gasteiger partial charge in [-0.05, 0) is 43.7 Å². The van der Waals surface area contributed by atoms with Crippen molar-refractivity contribution in [1.82, 2.24) is 4.57 Å². The maximum absolute atomic E-state index is 9.77. The van der Waals surface area contributed by atoms with Gasteiger partial charge in [0.2, 0.25) is 0 Å². The molecular formula is C19H23IN2O2. The lowest BCUT2D eigenvalue weighted by atomic mass is 10.0. The van der Waals surface area contributed by atoms with E-state index in [2.05, 4.69) is 47.2 Å². The molecule has 1 N–H and O–H groups in total. The Morgan fingerprint density at radius 2 is 1.88 bits per heavy atom. The van der Waals surface area contributed by atoms with Gasteiger partial charge in [-0.2, -0.15) is 0 Å². The number of fused-ring (bicyclic) bond motifs is 1. The lowest BCUT2D eigenvalue weighted by molar-refractivity contribution is -0.678. The van der Waals surface area contributed by atoms with Crippen molar-refractivity contribution in [2.75, 3.05) is 7.11 Å². The summed E-state index contributed by atoms with van der Waals surface area (Å²) in [5.74, 6) is 1.81. The molecule has 0 aliphatic heterocycles. The van der Waals surface area contributed by atoms with Crippen LogP contribution in [0.4, 0.5) is 0 Å². The van der Waals surface area contributed by atoms with Crippen LogP contribution in [0.2, 0.25) is 0 Å². The van der Waals surface area contributed by atoms with Crippen molar-refractivity contribution in [3.8, 4) is 16.9 Å². The van der Waals surface area contributed by atoms with Crippen LogP contribution < -0.4 is 33.3 Å². The van der Waals surface area contributed by atoms with Gasteiger partial charge in [0.1, 0.15) is 12.4 Å². The third-order valence-electron chi connectivity index (χ3n) is 4.37. The number of hydrogen-bond acceptors (Lipinski definition) is 2. The predicted octanol–water partition coefficient (Wildman–Crippen LogP) is 0.140. The summed E-state index contributed by atoms with van der Waals surface area (Å²) in [6.45, 7) is 5.92. The second-order valence-electron chi connectivity index (χ2n) is 5.47. The first-order valence-electron chi connectivity index (χ1n) is 8.04. The number of ether oxygens (including phenoxy) is 1. The monoisotopic (exact) mass is 438 g/mol. The number of aliphatic hydroxyl groups excluding tert-OH is 1. The van der Waals surface area contributed by atoms with Crippen LogP contribution in [0.1, 0.15) is 19.7 Å². The maximum Gasteiger partial charge on any atom is 0.283 e. The van der Waals surface area contributed by atoms with Gasteiger partial charge in [0.05, 0.1) is 20.2 Å². The van der Waals surface area contributed by atoms with Crippen molar-refractivity contribution in [3.63, 3.8) is 0 Å². The van der Waals surface area contributed by atoms with E-state index in [4.69, 9.17) is 4.74 Å². The van der Waals surface area contributed by atoms with Crippen LogP contribution in [0.5, 0.6) is 5.75 Å². The molecule has 0 aliphatic carbocycles. The first-order valence-corrected chi connectivity index (χ1v) is 8.04. The molecule has 3 rings (SSSR count). The minimum absolute atomic E-state index is 0. The van der Waals surface area contributed by atoms with Gasteiger partial charge in [-0.3, -0.25) is 0 Å². The van der Waals surface area contributed by atoms with E-state index in [1.54, 1.807) is 7.11 Å². The molecular weight excluding hydrogens is 415 g/mol. The highest BCUT2D eigenvalue weighted by molar-refractivity contribution is 5.82. The number of benzene rings is 2. The summed E-state index contributed by atoms with van der Waals surface area (Å²) < 4.78 is 9.84. The van der Waals surface area contributed by atoms with E-state index in [0.29, 0.717) is 0 Å². The van der Waals surface area contributed by atoms with Crippen LogP contribution in [0, 0.1) is 0 Å². The molecule has 0 aliphatic rings. The van der Waals surface area contributed by atoms with Crippen LogP contribution in [0.3, 0.4) is 0 Å². The molecule has 4 nitrogen and oxygen atoms in total. The minimum Gasteiger partial charge on any atom is -1.00 e. The number of halogens is 1. The highest BCUT2D eigenvalue weighted by Crippen LogP contribution is 2.31. The fourth-order valence-electron chi connectivity index (χ4n) is 3.32. The molecule has 0 atom stereocenters. The maximum atomic E-state index is 9.77. The van der Waals surface area contributed by atoms with Gasteiger partial charge in [-0.1, -0.05) is 18.2 Å². The van der Waals surface area contributed by atoms with Gasteiger partial charge in [-0.25, -0.2) is 9.13 Å². The predicted molar refractivity (Wildman–Crippen MR) is 91.4 cm³/mol. The number of aryl methyl sites for hydroxylation is 2. The van der Waals surface area contributed by atoms with Gasteiger partial charge in [0.25, 0.3) is 5.82 Å². The Morgan fingerprint density at radius 3 is 2.50 bits per heavy atom. The molecule has 0 bridgehead atoms. The molecule has 0 saturated heterocycles. The Hall–Kier alpha value is -1.60. The van der Waals surface area contributed by atoms with Gasteiger partial charge in [0, 0.05) is 5.56 Å². The zero-order valence-electron chi connectivity index (χ0n) is 14.3. The molecule has 2 aromatic carbocycles. The number of imidazole rings is 1. The fourth-order valence-corrected chi connectivity index (χ4v) is 3.32. The molecule has 0 unspecified atom stereocenters. The van der Waals surface area contributed by atoms with E-state index < -0.39 is 0 Å². The van der Waals surface area contributed by atoms with Crippen LogP contribution in [-0.4, -0.2) is 16.8 Å². The average Bonchev–Trinajstić information content (AvgIpc) is 2.93. The third kappa shape index (κ3) is 3.02. The molecule has 0 amide bonds. The standard InChI is InChI=1S/C19H23N2O2.HI/c1-4-20-16-11-10-14(15-8-6-7-9-18(15)23-3)12-17(16)21(5-2)19(20)13-22;/h6-12,22H,4-5,13H2,1-3H3;1H/q+1;/p-1. The summed E-state index contributed by atoms with van der Waals surface area (Å²) in [4.78, 5) is 0. The lowest BCUT2D eigenvalue weighted by Gasteiger charge is -2.08. The molecule has 1 aromatic heterocycles. The highest BCUT2D eigenvalue weighted by Gasteiger charge is 2.23. The molecule has 5 heteroatoms. The molecule has 3 aromatic rings.